The number of hydrogen-bond donors (Lipinski definition) is 3. The van der Waals surface area contributed by atoms with E-state index in [1.54, 1.807) is 0 Å². The van der Waals surface area contributed by atoms with Crippen LogP contribution in [0.4, 0.5) is 0 Å². The normalized spacial score (nSPS) is 22.4. The topological polar surface area (TPSA) is 61.4 Å². The third-order valence-electron chi connectivity index (χ3n) is 3.59. The molecule has 0 spiro atoms. The van der Waals surface area contributed by atoms with Crippen LogP contribution in [-0.2, 0) is 11.2 Å². The maximum atomic E-state index is 12.0. The maximum Gasteiger partial charge on any atom is 0.237 e. The summed E-state index contributed by atoms with van der Waals surface area (Å²) in [5.41, 5.74) is 1.27. The second-order valence-corrected chi connectivity index (χ2v) is 6.34. The van der Waals surface area contributed by atoms with Gasteiger partial charge in [0.15, 0.2) is 0 Å². The summed E-state index contributed by atoms with van der Waals surface area (Å²) >= 11 is 3.42. The van der Waals surface area contributed by atoms with Crippen molar-refractivity contribution in [2.24, 2.45) is 0 Å². The first-order valence-electron chi connectivity index (χ1n) is 7.01. The lowest BCUT2D eigenvalue weighted by atomic mass is 10.1. The van der Waals surface area contributed by atoms with Crippen molar-refractivity contribution in [1.82, 2.24) is 10.6 Å². The molecule has 0 saturated carbocycles. The van der Waals surface area contributed by atoms with E-state index in [0.29, 0.717) is 13.0 Å². The summed E-state index contributed by atoms with van der Waals surface area (Å²) in [6.45, 7) is 2.52. The summed E-state index contributed by atoms with van der Waals surface area (Å²) < 4.78 is 1.08. The minimum absolute atomic E-state index is 0. The number of aliphatic hydroxyl groups is 1. The number of halogens is 2. The minimum Gasteiger partial charge on any atom is -0.392 e. The van der Waals surface area contributed by atoms with E-state index in [4.69, 9.17) is 0 Å². The molecule has 3 atom stereocenters. The molecule has 3 N–H and O–H groups in total. The molecular weight excluding hydrogens is 356 g/mol. The zero-order chi connectivity index (χ0) is 14.5. The number of carbonyl (C=O) groups excluding carboxylic acids is 1. The van der Waals surface area contributed by atoms with Gasteiger partial charge >= 0.3 is 0 Å². The fourth-order valence-corrected chi connectivity index (χ4v) is 2.63. The van der Waals surface area contributed by atoms with E-state index < -0.39 is 6.10 Å². The average molecular weight is 378 g/mol. The van der Waals surface area contributed by atoms with Crippen LogP contribution in [0.1, 0.15) is 25.3 Å². The van der Waals surface area contributed by atoms with Crippen molar-refractivity contribution in [1.29, 1.82) is 0 Å². The highest BCUT2D eigenvalue weighted by atomic mass is 79.9. The number of carbonyl (C=O) groups is 1. The summed E-state index contributed by atoms with van der Waals surface area (Å²) in [6, 6.07) is 8.12. The predicted molar refractivity (Wildman–Crippen MR) is 89.7 cm³/mol. The van der Waals surface area contributed by atoms with Gasteiger partial charge in [0.1, 0.15) is 0 Å². The smallest absolute Gasteiger partial charge is 0.237 e. The Kier molecular flexibility index (Phi) is 7.66. The number of β-amino-alcohol motifs (C(OH)–C–C–N with tert-alkyl or cyclic N) is 1. The van der Waals surface area contributed by atoms with Crippen LogP contribution < -0.4 is 10.6 Å². The SMILES string of the molecule is CC(CCc1ccc(Br)cc1)NC(=O)C1CC(O)CN1.Cl. The first-order valence-corrected chi connectivity index (χ1v) is 7.80. The number of amides is 1. The highest BCUT2D eigenvalue weighted by Gasteiger charge is 2.28. The number of aliphatic hydroxyl groups excluding tert-OH is 1. The van der Waals surface area contributed by atoms with Gasteiger partial charge in [-0.2, -0.15) is 0 Å². The summed E-state index contributed by atoms with van der Waals surface area (Å²) in [7, 11) is 0. The van der Waals surface area contributed by atoms with E-state index >= 15 is 0 Å². The Hall–Kier alpha value is -0.620. The Balaban J connectivity index is 0.00000220. The Morgan fingerprint density at radius 2 is 2.14 bits per heavy atom. The molecule has 0 aliphatic carbocycles. The van der Waals surface area contributed by atoms with Gasteiger partial charge < -0.3 is 15.7 Å². The zero-order valence-corrected chi connectivity index (χ0v) is 14.4. The number of rotatable bonds is 5. The molecule has 2 rings (SSSR count). The molecule has 6 heteroatoms. The Bertz CT molecular complexity index is 455. The minimum atomic E-state index is -0.399. The van der Waals surface area contributed by atoms with Gasteiger partial charge in [-0.1, -0.05) is 28.1 Å². The Morgan fingerprint density at radius 1 is 1.48 bits per heavy atom. The van der Waals surface area contributed by atoms with Crippen molar-refractivity contribution in [2.45, 2.75) is 44.4 Å². The molecule has 1 aliphatic heterocycles. The predicted octanol–water partition coefficient (Wildman–Crippen LogP) is 2.03. The fraction of sp³-hybridized carbons (Fsp3) is 0.533. The van der Waals surface area contributed by atoms with Crippen LogP contribution >= 0.6 is 28.3 Å². The van der Waals surface area contributed by atoms with Crippen LogP contribution in [-0.4, -0.2) is 35.7 Å². The van der Waals surface area contributed by atoms with Crippen LogP contribution in [0.3, 0.4) is 0 Å². The number of benzene rings is 1. The highest BCUT2D eigenvalue weighted by molar-refractivity contribution is 9.10. The van der Waals surface area contributed by atoms with Crippen LogP contribution in [0.5, 0.6) is 0 Å². The molecule has 0 bridgehead atoms. The van der Waals surface area contributed by atoms with Gasteiger partial charge in [-0.05, 0) is 43.9 Å². The molecule has 1 saturated heterocycles. The second kappa shape index (κ2) is 8.73. The number of nitrogens with one attached hydrogen (secondary N) is 2. The van der Waals surface area contributed by atoms with E-state index in [1.807, 2.05) is 19.1 Å². The lowest BCUT2D eigenvalue weighted by Crippen LogP contribution is -2.44. The van der Waals surface area contributed by atoms with E-state index in [9.17, 15) is 9.90 Å². The molecule has 1 aliphatic rings. The van der Waals surface area contributed by atoms with Gasteiger partial charge in [0.05, 0.1) is 12.1 Å². The molecule has 1 heterocycles. The fourth-order valence-electron chi connectivity index (χ4n) is 2.37. The lowest BCUT2D eigenvalue weighted by Gasteiger charge is -2.17. The molecule has 0 aromatic heterocycles. The quantitative estimate of drug-likeness (QED) is 0.736. The Labute approximate surface area is 140 Å². The summed E-state index contributed by atoms with van der Waals surface area (Å²) in [4.78, 5) is 12.0. The molecule has 1 aromatic rings. The van der Waals surface area contributed by atoms with Crippen LogP contribution in [0.15, 0.2) is 28.7 Å². The van der Waals surface area contributed by atoms with Crippen molar-refractivity contribution in [3.8, 4) is 0 Å². The van der Waals surface area contributed by atoms with Gasteiger partial charge in [0, 0.05) is 17.1 Å². The van der Waals surface area contributed by atoms with E-state index in [-0.39, 0.29) is 30.4 Å². The van der Waals surface area contributed by atoms with Crippen LogP contribution in [0.2, 0.25) is 0 Å². The van der Waals surface area contributed by atoms with Gasteiger partial charge in [-0.15, -0.1) is 12.4 Å². The van der Waals surface area contributed by atoms with Crippen molar-refractivity contribution in [2.75, 3.05) is 6.54 Å². The number of aryl methyl sites for hydroxylation is 1. The van der Waals surface area contributed by atoms with Gasteiger partial charge in [0.2, 0.25) is 5.91 Å². The summed E-state index contributed by atoms with van der Waals surface area (Å²) in [5.74, 6) is -0.00939. The standard InChI is InChI=1S/C15H21BrN2O2.ClH/c1-10(2-3-11-4-6-12(16)7-5-11)18-15(20)14-8-13(19)9-17-14;/h4-7,10,13-14,17,19H,2-3,8-9H2,1H3,(H,18,20);1H. The third kappa shape index (κ3) is 5.94. The van der Waals surface area contributed by atoms with Gasteiger partial charge in [-0.3, -0.25) is 4.79 Å². The lowest BCUT2D eigenvalue weighted by molar-refractivity contribution is -0.123. The van der Waals surface area contributed by atoms with Crippen LogP contribution in [0.25, 0.3) is 0 Å². The van der Waals surface area contributed by atoms with Crippen molar-refractivity contribution in [3.05, 3.63) is 34.3 Å². The first kappa shape index (κ1) is 18.4. The van der Waals surface area contributed by atoms with E-state index in [2.05, 4.69) is 38.7 Å². The van der Waals surface area contributed by atoms with Gasteiger partial charge in [-0.25, -0.2) is 0 Å². The summed E-state index contributed by atoms with van der Waals surface area (Å²) in [6.07, 6.45) is 1.95. The van der Waals surface area contributed by atoms with Crippen molar-refractivity contribution >= 4 is 34.2 Å². The van der Waals surface area contributed by atoms with Crippen molar-refractivity contribution < 1.29 is 9.90 Å². The molecule has 1 amide bonds. The molecule has 1 aromatic carbocycles. The largest absolute Gasteiger partial charge is 0.392 e. The third-order valence-corrected chi connectivity index (χ3v) is 4.12. The zero-order valence-electron chi connectivity index (χ0n) is 12.0. The highest BCUT2D eigenvalue weighted by Crippen LogP contribution is 2.13. The Morgan fingerprint density at radius 3 is 2.71 bits per heavy atom. The monoisotopic (exact) mass is 376 g/mol. The van der Waals surface area contributed by atoms with Crippen molar-refractivity contribution in [3.63, 3.8) is 0 Å². The molecule has 4 nitrogen and oxygen atoms in total. The van der Waals surface area contributed by atoms with Crippen LogP contribution in [0, 0.1) is 0 Å². The number of hydrogen-bond acceptors (Lipinski definition) is 3. The molecule has 21 heavy (non-hydrogen) atoms. The maximum absolute atomic E-state index is 12.0. The molecule has 3 unspecified atom stereocenters. The summed E-state index contributed by atoms with van der Waals surface area (Å²) in [5, 5.41) is 15.4. The van der Waals surface area contributed by atoms with E-state index in [1.165, 1.54) is 5.56 Å². The van der Waals surface area contributed by atoms with Gasteiger partial charge in [0.25, 0.3) is 0 Å². The second-order valence-electron chi connectivity index (χ2n) is 5.43. The molecule has 118 valence electrons. The molecular formula is C15H22BrClN2O2. The molecule has 0 radical (unpaired) electrons. The van der Waals surface area contributed by atoms with E-state index in [0.717, 1.165) is 17.3 Å². The average Bonchev–Trinajstić information content (AvgIpc) is 2.85. The molecule has 1 fully saturated rings. The first-order chi connectivity index (χ1) is 9.54.